The Morgan fingerprint density at radius 3 is 1.94 bits per heavy atom. The van der Waals surface area contributed by atoms with Crippen LogP contribution in [0.1, 0.15) is 52.4 Å². The van der Waals surface area contributed by atoms with Gasteiger partial charge in [0.05, 0.1) is 5.66 Å². The Bertz CT molecular complexity index is 256. The molecule has 16 heavy (non-hydrogen) atoms. The molecule has 1 N–H and O–H groups in total. The second-order valence-corrected chi connectivity index (χ2v) is 5.34. The Morgan fingerprint density at radius 1 is 1.00 bits per heavy atom. The molecule has 4 rings (SSSR count). The van der Waals surface area contributed by atoms with Gasteiger partial charge in [0, 0.05) is 0 Å². The Hall–Kier alpha value is 1.52. The largest absolute Gasteiger partial charge is 1.00 e. The summed E-state index contributed by atoms with van der Waals surface area (Å²) in [6.45, 7) is 4.00. The maximum absolute atomic E-state index is 5.00. The molecular formula is C12H22KN3. The van der Waals surface area contributed by atoms with Crippen molar-refractivity contribution in [3.05, 3.63) is 5.32 Å². The minimum absolute atomic E-state index is 0. The van der Waals surface area contributed by atoms with Crippen LogP contribution in [0.25, 0.3) is 5.32 Å². The van der Waals surface area contributed by atoms with E-state index in [4.69, 9.17) is 5.32 Å². The van der Waals surface area contributed by atoms with Gasteiger partial charge >= 0.3 is 51.4 Å². The zero-order valence-corrected chi connectivity index (χ0v) is 14.3. The predicted molar refractivity (Wildman–Crippen MR) is 61.5 cm³/mol. The molecule has 1 saturated heterocycles. The molecule has 4 heteroatoms. The van der Waals surface area contributed by atoms with Crippen molar-refractivity contribution in [3.8, 4) is 0 Å². The van der Waals surface area contributed by atoms with Gasteiger partial charge in [-0.2, -0.15) is 0 Å². The summed E-state index contributed by atoms with van der Waals surface area (Å²) in [5.74, 6) is 0. The van der Waals surface area contributed by atoms with E-state index >= 15 is 0 Å². The molecule has 0 unspecified atom stereocenters. The van der Waals surface area contributed by atoms with Gasteiger partial charge in [-0.3, -0.25) is 0 Å². The van der Waals surface area contributed by atoms with Gasteiger partial charge in [-0.1, -0.05) is 50.9 Å². The molecule has 1 heterocycles. The number of hydrogen-bond donors (Lipinski definition) is 1. The zero-order valence-electron chi connectivity index (χ0n) is 11.1. The van der Waals surface area contributed by atoms with E-state index in [1.165, 1.54) is 38.5 Å². The monoisotopic (exact) mass is 247 g/mol. The van der Waals surface area contributed by atoms with Crippen molar-refractivity contribution in [1.82, 2.24) is 10.2 Å². The van der Waals surface area contributed by atoms with Crippen LogP contribution in [0.5, 0.6) is 0 Å². The maximum Gasteiger partial charge on any atom is 1.00 e. The summed E-state index contributed by atoms with van der Waals surface area (Å²) in [5, 5.41) is 8.76. The van der Waals surface area contributed by atoms with Crippen molar-refractivity contribution in [2.75, 3.05) is 7.05 Å². The second-order valence-electron chi connectivity index (χ2n) is 5.34. The number of hydrogen-bond acceptors (Lipinski definition) is 2. The molecule has 86 valence electrons. The first kappa shape index (κ1) is 13.9. The first-order chi connectivity index (χ1) is 7.19. The average Bonchev–Trinajstić information content (AvgIpc) is 3.09. The fourth-order valence-corrected chi connectivity index (χ4v) is 2.91. The normalized spacial score (nSPS) is 33.9. The number of nitrogens with one attached hydrogen (secondary N) is 1. The van der Waals surface area contributed by atoms with Crippen LogP contribution in [0.3, 0.4) is 0 Å². The van der Waals surface area contributed by atoms with Crippen molar-refractivity contribution < 1.29 is 51.4 Å². The molecule has 1 aliphatic heterocycles. The summed E-state index contributed by atoms with van der Waals surface area (Å²) in [4.78, 5) is 2.52. The van der Waals surface area contributed by atoms with E-state index in [1.807, 2.05) is 13.8 Å². The molecule has 3 spiro atoms. The van der Waals surface area contributed by atoms with E-state index in [0.29, 0.717) is 5.66 Å². The summed E-state index contributed by atoms with van der Waals surface area (Å²) in [5.41, 5.74) is 0.881. The van der Waals surface area contributed by atoms with E-state index in [1.54, 1.807) is 0 Å². The van der Waals surface area contributed by atoms with Gasteiger partial charge in [0.15, 0.2) is 0 Å². The van der Waals surface area contributed by atoms with E-state index in [-0.39, 0.29) is 62.7 Å². The predicted octanol–water partition coefficient (Wildman–Crippen LogP) is -0.604. The van der Waals surface area contributed by atoms with Crippen molar-refractivity contribution >= 4 is 0 Å². The summed E-state index contributed by atoms with van der Waals surface area (Å²) in [7, 11) is 2.26. The number of rotatable bonds is 0. The van der Waals surface area contributed by atoms with Crippen molar-refractivity contribution in [3.63, 3.8) is 0 Å². The van der Waals surface area contributed by atoms with Crippen molar-refractivity contribution in [2.24, 2.45) is 0 Å². The first-order valence-electron chi connectivity index (χ1n) is 6.46. The fraction of sp³-hybridized carbons (Fsp3) is 1.00. The third-order valence-corrected chi connectivity index (χ3v) is 4.30. The molecular weight excluding hydrogens is 225 g/mol. The van der Waals surface area contributed by atoms with E-state index in [0.717, 1.165) is 0 Å². The van der Waals surface area contributed by atoms with Crippen LogP contribution in [-0.4, -0.2) is 28.9 Å². The van der Waals surface area contributed by atoms with Crippen LogP contribution in [0.15, 0.2) is 0 Å². The third kappa shape index (κ3) is 1.99. The minimum atomic E-state index is 0. The van der Waals surface area contributed by atoms with E-state index in [2.05, 4.69) is 17.3 Å². The SMILES string of the molecule is CC.CN1C2(CC2)[N-]C2(CC2)NC12CC2.[K+]. The van der Waals surface area contributed by atoms with Gasteiger partial charge in [0.2, 0.25) is 0 Å². The minimum Gasteiger partial charge on any atom is -0.626 e. The van der Waals surface area contributed by atoms with Crippen LogP contribution in [0.4, 0.5) is 0 Å². The molecule has 0 amide bonds. The zero-order chi connectivity index (χ0) is 10.7. The Labute approximate surface area is 142 Å². The molecule has 3 aliphatic carbocycles. The van der Waals surface area contributed by atoms with E-state index in [9.17, 15) is 0 Å². The molecule has 0 aromatic heterocycles. The second kappa shape index (κ2) is 4.27. The smallest absolute Gasteiger partial charge is 0.626 e. The fourth-order valence-electron chi connectivity index (χ4n) is 2.91. The molecule has 0 radical (unpaired) electrons. The van der Waals surface area contributed by atoms with Crippen LogP contribution in [0.2, 0.25) is 0 Å². The Balaban J connectivity index is 0.000000306. The molecule has 0 bridgehead atoms. The standard InChI is InChI=1S/C10H16N3.C2H6.K/c1-13-9(4-5-9)11-8(2-3-8)12-10(13)6-7-10;1-2;/h11H,2-7H2,1H3;1-2H3;/q-1;;+1. The summed E-state index contributed by atoms with van der Waals surface area (Å²) in [6, 6.07) is 0. The van der Waals surface area contributed by atoms with Crippen LogP contribution >= 0.6 is 0 Å². The van der Waals surface area contributed by atoms with Crippen LogP contribution < -0.4 is 56.7 Å². The topological polar surface area (TPSA) is 29.4 Å². The summed E-state index contributed by atoms with van der Waals surface area (Å²) < 4.78 is 0. The molecule has 3 saturated carbocycles. The van der Waals surface area contributed by atoms with E-state index < -0.39 is 0 Å². The molecule has 3 nitrogen and oxygen atoms in total. The molecule has 4 fully saturated rings. The Morgan fingerprint density at radius 2 is 1.56 bits per heavy atom. The molecule has 0 aromatic rings. The summed E-state index contributed by atoms with van der Waals surface area (Å²) >= 11 is 0. The molecule has 0 atom stereocenters. The van der Waals surface area contributed by atoms with Crippen molar-refractivity contribution in [2.45, 2.75) is 69.4 Å². The molecule has 0 aromatic carbocycles. The summed E-state index contributed by atoms with van der Waals surface area (Å²) in [6.07, 6.45) is 7.84. The quantitative estimate of drug-likeness (QED) is 0.579. The maximum atomic E-state index is 5.00. The number of nitrogens with zero attached hydrogens (tertiary/aromatic N) is 2. The van der Waals surface area contributed by atoms with Gasteiger partial charge in [0.25, 0.3) is 0 Å². The third-order valence-electron chi connectivity index (χ3n) is 4.30. The average molecular weight is 247 g/mol. The van der Waals surface area contributed by atoms with Gasteiger partial charge < -0.3 is 15.5 Å². The van der Waals surface area contributed by atoms with Gasteiger partial charge in [-0.25, -0.2) is 0 Å². The van der Waals surface area contributed by atoms with Gasteiger partial charge in [-0.15, -0.1) is 0 Å². The van der Waals surface area contributed by atoms with Crippen LogP contribution in [0, 0.1) is 0 Å². The Kier molecular flexibility index (Phi) is 3.72. The van der Waals surface area contributed by atoms with Gasteiger partial charge in [0.1, 0.15) is 0 Å². The van der Waals surface area contributed by atoms with Crippen LogP contribution in [-0.2, 0) is 0 Å². The first-order valence-corrected chi connectivity index (χ1v) is 6.46. The van der Waals surface area contributed by atoms with Gasteiger partial charge in [-0.05, 0) is 19.9 Å². The molecule has 4 aliphatic rings. The van der Waals surface area contributed by atoms with Crippen molar-refractivity contribution in [1.29, 1.82) is 0 Å².